The Morgan fingerprint density at radius 1 is 1.21 bits per heavy atom. The molecule has 0 aliphatic carbocycles. The molecule has 1 amide bonds. The van der Waals surface area contributed by atoms with E-state index in [1.807, 2.05) is 19.1 Å². The number of carbonyl (C=O) groups excluding carboxylic acids is 1. The number of pyridine rings is 1. The Bertz CT molecular complexity index is 608. The van der Waals surface area contributed by atoms with E-state index in [0.717, 1.165) is 5.56 Å². The van der Waals surface area contributed by atoms with Crippen LogP contribution in [0.15, 0.2) is 53.9 Å². The van der Waals surface area contributed by atoms with Gasteiger partial charge in [-0.25, -0.2) is 5.43 Å². The van der Waals surface area contributed by atoms with Crippen molar-refractivity contribution in [2.45, 2.75) is 6.92 Å². The maximum atomic E-state index is 11.8. The van der Waals surface area contributed by atoms with Gasteiger partial charge in [0.15, 0.2) is 0 Å². The fourth-order valence-corrected chi connectivity index (χ4v) is 1.53. The van der Waals surface area contributed by atoms with Gasteiger partial charge in [-0.3, -0.25) is 9.78 Å². The van der Waals surface area contributed by atoms with Gasteiger partial charge in [0, 0.05) is 23.6 Å². The van der Waals surface area contributed by atoms with Gasteiger partial charge in [0.05, 0.1) is 5.71 Å². The number of hydrogen-bond acceptors (Lipinski definition) is 4. The molecule has 1 aromatic heterocycles. The van der Waals surface area contributed by atoms with Gasteiger partial charge in [-0.05, 0) is 36.8 Å². The van der Waals surface area contributed by atoms with Gasteiger partial charge in [-0.1, -0.05) is 12.1 Å². The van der Waals surface area contributed by atoms with Crippen LogP contribution in [0.1, 0.15) is 22.8 Å². The number of benzene rings is 1. The summed E-state index contributed by atoms with van der Waals surface area (Å²) in [4.78, 5) is 15.6. The predicted octanol–water partition coefficient (Wildman–Crippen LogP) is 1.82. The molecule has 0 atom stereocenters. The van der Waals surface area contributed by atoms with Gasteiger partial charge in [-0.15, -0.1) is 0 Å². The summed E-state index contributed by atoms with van der Waals surface area (Å²) in [6.45, 7) is 1.81. The molecule has 0 saturated carbocycles. The first-order valence-electron chi connectivity index (χ1n) is 5.77. The second kappa shape index (κ2) is 5.77. The molecule has 2 aromatic rings. The number of nitrogen functional groups attached to an aromatic ring is 1. The fraction of sp³-hybridized carbons (Fsp3) is 0.0714. The van der Waals surface area contributed by atoms with Crippen LogP contribution in [0.25, 0.3) is 0 Å². The number of anilines is 1. The smallest absolute Gasteiger partial charge is 0.271 e. The number of amides is 1. The summed E-state index contributed by atoms with van der Waals surface area (Å²) < 4.78 is 0. The normalized spacial score (nSPS) is 11.1. The lowest BCUT2D eigenvalue weighted by Crippen LogP contribution is -2.19. The number of hydrogen-bond donors (Lipinski definition) is 2. The average molecular weight is 254 g/mol. The topological polar surface area (TPSA) is 80.4 Å². The Balaban J connectivity index is 2.09. The molecule has 2 rings (SSSR count). The van der Waals surface area contributed by atoms with Crippen LogP contribution < -0.4 is 11.2 Å². The number of aromatic nitrogens is 1. The molecule has 0 aliphatic heterocycles. The van der Waals surface area contributed by atoms with E-state index in [1.54, 1.807) is 36.7 Å². The molecule has 1 heterocycles. The Morgan fingerprint density at radius 2 is 1.95 bits per heavy atom. The summed E-state index contributed by atoms with van der Waals surface area (Å²) in [5.41, 5.74) is 10.9. The lowest BCUT2D eigenvalue weighted by molar-refractivity contribution is 0.0954. The first-order valence-corrected chi connectivity index (χ1v) is 5.77. The minimum absolute atomic E-state index is 0.273. The van der Waals surface area contributed by atoms with Crippen LogP contribution in [0.2, 0.25) is 0 Å². The predicted molar refractivity (Wildman–Crippen MR) is 74.8 cm³/mol. The summed E-state index contributed by atoms with van der Waals surface area (Å²) in [6.07, 6.45) is 3.12. The second-order valence-electron chi connectivity index (χ2n) is 4.00. The molecule has 5 heteroatoms. The monoisotopic (exact) mass is 254 g/mol. The van der Waals surface area contributed by atoms with Crippen molar-refractivity contribution >= 4 is 17.3 Å². The molecule has 0 bridgehead atoms. The lowest BCUT2D eigenvalue weighted by atomic mass is 10.1. The number of rotatable bonds is 3. The quantitative estimate of drug-likeness (QED) is 0.498. The number of nitrogens with one attached hydrogen (secondary N) is 1. The summed E-state index contributed by atoms with van der Waals surface area (Å²) >= 11 is 0. The maximum Gasteiger partial charge on any atom is 0.271 e. The van der Waals surface area contributed by atoms with E-state index in [1.165, 1.54) is 0 Å². The van der Waals surface area contributed by atoms with E-state index in [-0.39, 0.29) is 5.91 Å². The van der Waals surface area contributed by atoms with E-state index >= 15 is 0 Å². The van der Waals surface area contributed by atoms with Crippen molar-refractivity contribution in [1.29, 1.82) is 0 Å². The van der Waals surface area contributed by atoms with Gasteiger partial charge >= 0.3 is 0 Å². The molecule has 0 saturated heterocycles. The molecule has 0 radical (unpaired) electrons. The highest BCUT2D eigenvalue weighted by molar-refractivity contribution is 6.01. The van der Waals surface area contributed by atoms with E-state index in [9.17, 15) is 4.79 Å². The molecule has 1 aromatic carbocycles. The van der Waals surface area contributed by atoms with Crippen molar-refractivity contribution in [3.05, 3.63) is 59.9 Å². The van der Waals surface area contributed by atoms with Crippen LogP contribution in [-0.4, -0.2) is 16.6 Å². The summed E-state index contributed by atoms with van der Waals surface area (Å²) in [5.74, 6) is -0.273. The van der Waals surface area contributed by atoms with Crippen molar-refractivity contribution in [2.24, 2.45) is 5.10 Å². The minimum atomic E-state index is -0.273. The highest BCUT2D eigenvalue weighted by atomic mass is 16.2. The lowest BCUT2D eigenvalue weighted by Gasteiger charge is -2.03. The van der Waals surface area contributed by atoms with Gasteiger partial charge in [0.1, 0.15) is 0 Å². The molecule has 0 unspecified atom stereocenters. The Kier molecular flexibility index (Phi) is 3.87. The van der Waals surface area contributed by atoms with Gasteiger partial charge < -0.3 is 5.73 Å². The summed E-state index contributed by atoms with van der Waals surface area (Å²) in [6, 6.07) is 10.6. The third-order valence-electron chi connectivity index (χ3n) is 2.57. The standard InChI is InChI=1S/C14H14N4O/c1-10(12-3-2-4-13(15)9-12)17-18-14(19)11-5-7-16-8-6-11/h2-9H,15H2,1H3,(H,18,19). The fourth-order valence-electron chi connectivity index (χ4n) is 1.53. The highest BCUT2D eigenvalue weighted by Gasteiger charge is 2.04. The summed E-state index contributed by atoms with van der Waals surface area (Å²) in [5, 5.41) is 4.05. The van der Waals surface area contributed by atoms with Crippen LogP contribution in [0.4, 0.5) is 5.69 Å². The van der Waals surface area contributed by atoms with Crippen molar-refractivity contribution in [3.63, 3.8) is 0 Å². The molecule has 19 heavy (non-hydrogen) atoms. The SMILES string of the molecule is CC(=NNC(=O)c1ccncc1)c1cccc(N)c1. The van der Waals surface area contributed by atoms with Crippen LogP contribution in [-0.2, 0) is 0 Å². The minimum Gasteiger partial charge on any atom is -0.399 e. The van der Waals surface area contributed by atoms with E-state index in [2.05, 4.69) is 15.5 Å². The van der Waals surface area contributed by atoms with Crippen LogP contribution in [0, 0.1) is 0 Å². The van der Waals surface area contributed by atoms with Crippen molar-refractivity contribution in [1.82, 2.24) is 10.4 Å². The Labute approximate surface area is 111 Å². The van der Waals surface area contributed by atoms with Gasteiger partial charge in [0.2, 0.25) is 0 Å². The molecule has 0 aliphatic rings. The second-order valence-corrected chi connectivity index (χ2v) is 4.00. The van der Waals surface area contributed by atoms with E-state index in [0.29, 0.717) is 17.0 Å². The zero-order chi connectivity index (χ0) is 13.7. The Hall–Kier alpha value is -2.69. The molecule has 0 spiro atoms. The molecular formula is C14H14N4O. The van der Waals surface area contributed by atoms with Crippen molar-refractivity contribution in [2.75, 3.05) is 5.73 Å². The number of hydrazone groups is 1. The molecule has 5 nitrogen and oxygen atoms in total. The highest BCUT2D eigenvalue weighted by Crippen LogP contribution is 2.07. The zero-order valence-electron chi connectivity index (χ0n) is 10.5. The largest absolute Gasteiger partial charge is 0.399 e. The first kappa shape index (κ1) is 12.8. The number of nitrogens with two attached hydrogens (primary N) is 1. The van der Waals surface area contributed by atoms with Crippen LogP contribution in [0.3, 0.4) is 0 Å². The van der Waals surface area contributed by atoms with E-state index < -0.39 is 0 Å². The summed E-state index contributed by atoms with van der Waals surface area (Å²) in [7, 11) is 0. The van der Waals surface area contributed by atoms with Crippen molar-refractivity contribution in [3.8, 4) is 0 Å². The van der Waals surface area contributed by atoms with Crippen LogP contribution >= 0.6 is 0 Å². The Morgan fingerprint density at radius 3 is 2.63 bits per heavy atom. The average Bonchev–Trinajstić information content (AvgIpc) is 2.45. The van der Waals surface area contributed by atoms with E-state index in [4.69, 9.17) is 5.73 Å². The first-order chi connectivity index (χ1) is 9.16. The van der Waals surface area contributed by atoms with Gasteiger partial charge in [-0.2, -0.15) is 5.10 Å². The third kappa shape index (κ3) is 3.38. The van der Waals surface area contributed by atoms with Crippen molar-refractivity contribution < 1.29 is 4.79 Å². The zero-order valence-corrected chi connectivity index (χ0v) is 10.5. The molecule has 3 N–H and O–H groups in total. The third-order valence-corrected chi connectivity index (χ3v) is 2.57. The molecule has 96 valence electrons. The van der Waals surface area contributed by atoms with Crippen LogP contribution in [0.5, 0.6) is 0 Å². The molecule has 0 fully saturated rings. The number of carbonyl (C=O) groups is 1. The number of nitrogens with zero attached hydrogens (tertiary/aromatic N) is 2. The molecular weight excluding hydrogens is 240 g/mol. The maximum absolute atomic E-state index is 11.8. The van der Waals surface area contributed by atoms with Gasteiger partial charge in [0.25, 0.3) is 5.91 Å².